The van der Waals surface area contributed by atoms with Crippen LogP contribution >= 0.6 is 0 Å². The van der Waals surface area contributed by atoms with Gasteiger partial charge < -0.3 is 14.8 Å². The molecule has 2 aromatic rings. The highest BCUT2D eigenvalue weighted by Crippen LogP contribution is 2.19. The molecule has 1 N–H and O–H groups in total. The summed E-state index contributed by atoms with van der Waals surface area (Å²) in [4.78, 5) is 23.7. The Morgan fingerprint density at radius 1 is 1.12 bits per heavy atom. The number of ether oxygens (including phenoxy) is 2. The standard InChI is InChI=1S/C18H17F2NO4/c1-11-3-6-13(17(23)24-2)10-15(11)21-16(22)9-12-4-7-14(8-5-12)25-18(19)20/h3-8,10,18H,9H2,1-2H3,(H,21,22). The van der Waals surface area contributed by atoms with Crippen LogP contribution in [0.5, 0.6) is 5.75 Å². The van der Waals surface area contributed by atoms with Gasteiger partial charge in [0.05, 0.1) is 19.1 Å². The van der Waals surface area contributed by atoms with Gasteiger partial charge in [0, 0.05) is 5.69 Å². The highest BCUT2D eigenvalue weighted by molar-refractivity contribution is 5.96. The second-order valence-corrected chi connectivity index (χ2v) is 5.27. The van der Waals surface area contributed by atoms with E-state index in [2.05, 4.69) is 14.8 Å². The number of nitrogens with one attached hydrogen (secondary N) is 1. The molecule has 0 saturated heterocycles. The number of rotatable bonds is 6. The minimum absolute atomic E-state index is 0.0285. The monoisotopic (exact) mass is 349 g/mol. The normalized spacial score (nSPS) is 10.4. The van der Waals surface area contributed by atoms with Crippen LogP contribution in [-0.2, 0) is 16.0 Å². The second-order valence-electron chi connectivity index (χ2n) is 5.27. The van der Waals surface area contributed by atoms with Crippen LogP contribution in [0.1, 0.15) is 21.5 Å². The Balaban J connectivity index is 2.03. The highest BCUT2D eigenvalue weighted by atomic mass is 19.3. The first-order chi connectivity index (χ1) is 11.9. The lowest BCUT2D eigenvalue weighted by Gasteiger charge is -2.10. The lowest BCUT2D eigenvalue weighted by molar-refractivity contribution is -0.115. The lowest BCUT2D eigenvalue weighted by Crippen LogP contribution is -2.16. The summed E-state index contributed by atoms with van der Waals surface area (Å²) in [5.41, 5.74) is 2.27. The van der Waals surface area contributed by atoms with E-state index in [0.717, 1.165) is 5.56 Å². The van der Waals surface area contributed by atoms with Crippen molar-refractivity contribution in [2.24, 2.45) is 0 Å². The van der Waals surface area contributed by atoms with Gasteiger partial charge in [-0.3, -0.25) is 4.79 Å². The first-order valence-electron chi connectivity index (χ1n) is 7.41. The van der Waals surface area contributed by atoms with Gasteiger partial charge in [-0.05, 0) is 42.3 Å². The third kappa shape index (κ3) is 5.27. The van der Waals surface area contributed by atoms with Crippen molar-refractivity contribution < 1.29 is 27.8 Å². The fraction of sp³-hybridized carbons (Fsp3) is 0.222. The van der Waals surface area contributed by atoms with Gasteiger partial charge in [0.1, 0.15) is 5.75 Å². The lowest BCUT2D eigenvalue weighted by atomic mass is 10.1. The van der Waals surface area contributed by atoms with Crippen molar-refractivity contribution in [2.45, 2.75) is 20.0 Å². The van der Waals surface area contributed by atoms with Gasteiger partial charge in [-0.25, -0.2) is 4.79 Å². The number of aryl methyl sites for hydroxylation is 1. The van der Waals surface area contributed by atoms with Crippen molar-refractivity contribution >= 4 is 17.6 Å². The van der Waals surface area contributed by atoms with Crippen LogP contribution in [0.15, 0.2) is 42.5 Å². The van der Waals surface area contributed by atoms with E-state index in [9.17, 15) is 18.4 Å². The molecular weight excluding hydrogens is 332 g/mol. The van der Waals surface area contributed by atoms with Crippen molar-refractivity contribution in [1.29, 1.82) is 0 Å². The summed E-state index contributed by atoms with van der Waals surface area (Å²) in [5.74, 6) is -0.765. The molecular formula is C18H17F2NO4. The van der Waals surface area contributed by atoms with Gasteiger partial charge in [0.15, 0.2) is 0 Å². The molecule has 132 valence electrons. The maximum absolute atomic E-state index is 12.2. The van der Waals surface area contributed by atoms with Crippen molar-refractivity contribution in [3.8, 4) is 5.75 Å². The van der Waals surface area contributed by atoms with Crippen LogP contribution < -0.4 is 10.1 Å². The van der Waals surface area contributed by atoms with Crippen LogP contribution in [0.25, 0.3) is 0 Å². The summed E-state index contributed by atoms with van der Waals surface area (Å²) in [6.07, 6.45) is 0.0524. The predicted octanol–water partition coefficient (Wildman–Crippen LogP) is 3.56. The van der Waals surface area contributed by atoms with Gasteiger partial charge >= 0.3 is 12.6 Å². The molecule has 0 aromatic heterocycles. The quantitative estimate of drug-likeness (QED) is 0.810. The van der Waals surface area contributed by atoms with Gasteiger partial charge in [-0.15, -0.1) is 0 Å². The topological polar surface area (TPSA) is 64.6 Å². The molecule has 1 amide bonds. The zero-order chi connectivity index (χ0) is 18.4. The first-order valence-corrected chi connectivity index (χ1v) is 7.41. The number of hydrogen-bond donors (Lipinski definition) is 1. The van der Waals surface area contributed by atoms with Crippen molar-refractivity contribution in [2.75, 3.05) is 12.4 Å². The summed E-state index contributed by atoms with van der Waals surface area (Å²) in [5, 5.41) is 2.73. The minimum atomic E-state index is -2.89. The van der Waals surface area contributed by atoms with Gasteiger partial charge in [0.25, 0.3) is 0 Å². The molecule has 5 nitrogen and oxygen atoms in total. The molecule has 2 rings (SSSR count). The smallest absolute Gasteiger partial charge is 0.387 e. The molecule has 25 heavy (non-hydrogen) atoms. The maximum atomic E-state index is 12.2. The molecule has 0 unspecified atom stereocenters. The second kappa shape index (κ2) is 8.23. The number of alkyl halides is 2. The fourth-order valence-electron chi connectivity index (χ4n) is 2.17. The molecule has 0 bridgehead atoms. The molecule has 0 saturated carbocycles. The number of hydrogen-bond acceptors (Lipinski definition) is 4. The number of esters is 1. The Labute approximate surface area is 143 Å². The number of benzene rings is 2. The molecule has 7 heteroatoms. The molecule has 0 heterocycles. The van der Waals surface area contributed by atoms with Crippen molar-refractivity contribution in [1.82, 2.24) is 0 Å². The van der Waals surface area contributed by atoms with Crippen molar-refractivity contribution in [3.05, 3.63) is 59.2 Å². The zero-order valence-corrected chi connectivity index (χ0v) is 13.7. The van der Waals surface area contributed by atoms with Crippen molar-refractivity contribution in [3.63, 3.8) is 0 Å². The molecule has 0 aliphatic heterocycles. The summed E-state index contributed by atoms with van der Waals surface area (Å²) in [6, 6.07) is 10.7. The largest absolute Gasteiger partial charge is 0.465 e. The molecule has 0 aliphatic carbocycles. The number of anilines is 1. The van der Waals surface area contributed by atoms with E-state index < -0.39 is 12.6 Å². The highest BCUT2D eigenvalue weighted by Gasteiger charge is 2.11. The zero-order valence-electron chi connectivity index (χ0n) is 13.7. The average molecular weight is 349 g/mol. The van der Waals surface area contributed by atoms with E-state index >= 15 is 0 Å². The van der Waals surface area contributed by atoms with E-state index in [1.54, 1.807) is 25.1 Å². The van der Waals surface area contributed by atoms with Gasteiger partial charge in [-0.2, -0.15) is 8.78 Å². The van der Waals surface area contributed by atoms with Gasteiger partial charge in [0.2, 0.25) is 5.91 Å². The SMILES string of the molecule is COC(=O)c1ccc(C)c(NC(=O)Cc2ccc(OC(F)F)cc2)c1. The summed E-state index contributed by atoms with van der Waals surface area (Å²) >= 11 is 0. The van der Waals surface area contributed by atoms with Crippen LogP contribution in [0.3, 0.4) is 0 Å². The predicted molar refractivity (Wildman–Crippen MR) is 87.9 cm³/mol. The number of methoxy groups -OCH3 is 1. The molecule has 0 radical (unpaired) electrons. The molecule has 0 atom stereocenters. The number of carbonyl (C=O) groups is 2. The molecule has 2 aromatic carbocycles. The van der Waals surface area contributed by atoms with E-state index in [0.29, 0.717) is 16.8 Å². The van der Waals surface area contributed by atoms with E-state index in [-0.39, 0.29) is 18.1 Å². The number of amides is 1. The third-order valence-corrected chi connectivity index (χ3v) is 3.45. The van der Waals surface area contributed by atoms with E-state index in [1.165, 1.54) is 31.4 Å². The average Bonchev–Trinajstić information content (AvgIpc) is 2.57. The summed E-state index contributed by atoms with van der Waals surface area (Å²) < 4.78 is 33.1. The van der Waals surface area contributed by atoms with Crippen LogP contribution in [0.4, 0.5) is 14.5 Å². The molecule has 0 aliphatic rings. The first kappa shape index (κ1) is 18.4. The van der Waals surface area contributed by atoms with E-state index in [4.69, 9.17) is 0 Å². The maximum Gasteiger partial charge on any atom is 0.387 e. The van der Waals surface area contributed by atoms with Gasteiger partial charge in [-0.1, -0.05) is 18.2 Å². The Hall–Kier alpha value is -2.96. The Morgan fingerprint density at radius 3 is 2.40 bits per heavy atom. The Kier molecular flexibility index (Phi) is 6.05. The minimum Gasteiger partial charge on any atom is -0.465 e. The fourth-order valence-corrected chi connectivity index (χ4v) is 2.17. The molecule has 0 fully saturated rings. The Bertz CT molecular complexity index is 760. The van der Waals surface area contributed by atoms with E-state index in [1.807, 2.05) is 0 Å². The summed E-state index contributed by atoms with van der Waals surface area (Å²) in [6.45, 7) is -1.09. The third-order valence-electron chi connectivity index (χ3n) is 3.45. The number of carbonyl (C=O) groups excluding carboxylic acids is 2. The molecule has 0 spiro atoms. The van der Waals surface area contributed by atoms with Crippen LogP contribution in [0.2, 0.25) is 0 Å². The Morgan fingerprint density at radius 2 is 1.80 bits per heavy atom. The summed E-state index contributed by atoms with van der Waals surface area (Å²) in [7, 11) is 1.28. The van der Waals surface area contributed by atoms with Crippen LogP contribution in [0, 0.1) is 6.92 Å². The van der Waals surface area contributed by atoms with Crippen LogP contribution in [-0.4, -0.2) is 25.6 Å². The number of halogens is 2.